The van der Waals surface area contributed by atoms with Crippen molar-refractivity contribution in [3.05, 3.63) is 53.6 Å². The van der Waals surface area contributed by atoms with Crippen LogP contribution in [-0.4, -0.2) is 27.5 Å². The first kappa shape index (κ1) is 32.4. The van der Waals surface area contributed by atoms with Crippen molar-refractivity contribution < 1.29 is 15.3 Å². The van der Waals surface area contributed by atoms with Crippen molar-refractivity contribution in [3.63, 3.8) is 0 Å². The molecule has 1 aromatic carbocycles. The van der Waals surface area contributed by atoms with E-state index < -0.39 is 0 Å². The second kappa shape index (κ2) is 15.4. The Kier molecular flexibility index (Phi) is 14.7. The number of phenolic OH excluding ortho intramolecular Hbond substituents is 1. The van der Waals surface area contributed by atoms with Crippen molar-refractivity contribution in [3.8, 4) is 5.75 Å². The fraction of sp³-hybridized carbons (Fsp3) is 0.677. The van der Waals surface area contributed by atoms with Gasteiger partial charge in [-0.2, -0.15) is 0 Å². The maximum absolute atomic E-state index is 9.65. The van der Waals surface area contributed by atoms with E-state index in [1.54, 1.807) is 0 Å². The first-order valence-electron chi connectivity index (χ1n) is 12.8. The molecule has 0 radical (unpaired) electrons. The average molecular weight is 475 g/mol. The van der Waals surface area contributed by atoms with E-state index in [1.165, 1.54) is 18.4 Å². The molecule has 3 nitrogen and oxygen atoms in total. The summed E-state index contributed by atoms with van der Waals surface area (Å²) in [5.41, 5.74) is 4.41. The van der Waals surface area contributed by atoms with Crippen LogP contribution in [0.4, 0.5) is 0 Å². The molecule has 1 aromatic rings. The number of hydrogen-bond acceptors (Lipinski definition) is 3. The third-order valence-corrected chi connectivity index (χ3v) is 7.32. The molecular formula is C31H54O3. The normalized spacial score (nSPS) is 28.4. The number of hydrogen-bond donors (Lipinski definition) is 3. The van der Waals surface area contributed by atoms with Gasteiger partial charge in [-0.15, -0.1) is 0 Å². The third-order valence-electron chi connectivity index (χ3n) is 7.32. The monoisotopic (exact) mass is 474 g/mol. The van der Waals surface area contributed by atoms with Gasteiger partial charge in [-0.3, -0.25) is 0 Å². The Morgan fingerprint density at radius 2 is 1.26 bits per heavy atom. The van der Waals surface area contributed by atoms with Crippen molar-refractivity contribution in [1.29, 1.82) is 0 Å². The van der Waals surface area contributed by atoms with E-state index in [1.807, 2.05) is 32.9 Å². The Labute approximate surface area is 211 Å². The van der Waals surface area contributed by atoms with Crippen molar-refractivity contribution in [2.24, 2.45) is 23.7 Å². The minimum Gasteiger partial charge on any atom is -0.508 e. The fourth-order valence-corrected chi connectivity index (χ4v) is 4.84. The van der Waals surface area contributed by atoms with E-state index in [2.05, 4.69) is 46.9 Å². The lowest BCUT2D eigenvalue weighted by molar-refractivity contribution is 0.0653. The van der Waals surface area contributed by atoms with Crippen molar-refractivity contribution in [2.75, 3.05) is 0 Å². The molecule has 6 atom stereocenters. The average Bonchev–Trinajstić information content (AvgIpc) is 2.70. The Morgan fingerprint density at radius 3 is 1.56 bits per heavy atom. The SMILES string of the molecule is C.C=C(C)[C@@H]1CC[C@@H](C)C[C@H]1O.C=C(C)[C@H]1CC[C@H](C)C[C@@H]1O.Cc1ccc(C(C)C)cc1O. The maximum Gasteiger partial charge on any atom is 0.118 e. The Balaban J connectivity index is 0.000000473. The number of rotatable bonds is 3. The summed E-state index contributed by atoms with van der Waals surface area (Å²) in [7, 11) is 0. The number of aromatic hydroxyl groups is 1. The maximum atomic E-state index is 9.65. The summed E-state index contributed by atoms with van der Waals surface area (Å²) in [6.45, 7) is 22.4. The Hall–Kier alpha value is -1.58. The quantitative estimate of drug-likeness (QED) is 0.387. The highest BCUT2D eigenvalue weighted by atomic mass is 16.3. The summed E-state index contributed by atoms with van der Waals surface area (Å²) in [5.74, 6) is 3.01. The number of benzene rings is 1. The molecule has 0 saturated heterocycles. The molecule has 3 heteroatoms. The second-order valence-electron chi connectivity index (χ2n) is 11.1. The van der Waals surface area contributed by atoms with Crippen LogP contribution in [-0.2, 0) is 0 Å². The van der Waals surface area contributed by atoms with Crippen molar-refractivity contribution in [1.82, 2.24) is 0 Å². The lowest BCUT2D eigenvalue weighted by Gasteiger charge is -2.31. The van der Waals surface area contributed by atoms with Gasteiger partial charge in [-0.1, -0.05) is 71.6 Å². The second-order valence-corrected chi connectivity index (χ2v) is 11.1. The minimum atomic E-state index is -0.128. The molecule has 34 heavy (non-hydrogen) atoms. The molecular weight excluding hydrogens is 420 g/mol. The minimum absolute atomic E-state index is 0. The molecule has 196 valence electrons. The van der Waals surface area contributed by atoms with Crippen LogP contribution < -0.4 is 0 Å². The summed E-state index contributed by atoms with van der Waals surface area (Å²) >= 11 is 0. The summed E-state index contributed by atoms with van der Waals surface area (Å²) < 4.78 is 0. The highest BCUT2D eigenvalue weighted by Crippen LogP contribution is 2.33. The zero-order chi connectivity index (χ0) is 25.3. The number of aliphatic hydroxyl groups is 2. The smallest absolute Gasteiger partial charge is 0.118 e. The molecule has 0 bridgehead atoms. The largest absolute Gasteiger partial charge is 0.508 e. The van der Waals surface area contributed by atoms with Crippen LogP contribution in [0.1, 0.15) is 105 Å². The van der Waals surface area contributed by atoms with Crippen molar-refractivity contribution >= 4 is 0 Å². The number of aliphatic hydroxyl groups excluding tert-OH is 2. The van der Waals surface area contributed by atoms with Gasteiger partial charge in [-0.05, 0) is 94.2 Å². The Morgan fingerprint density at radius 1 is 0.853 bits per heavy atom. The van der Waals surface area contributed by atoms with E-state index in [4.69, 9.17) is 0 Å². The van der Waals surface area contributed by atoms with Crippen LogP contribution in [0.25, 0.3) is 0 Å². The first-order chi connectivity index (χ1) is 15.3. The zero-order valence-electron chi connectivity index (χ0n) is 22.3. The van der Waals surface area contributed by atoms with E-state index >= 15 is 0 Å². The lowest BCUT2D eigenvalue weighted by Crippen LogP contribution is -2.28. The standard InChI is InChI=1S/C10H14O.2C10H18O.CH4/c1-7(2)9-5-4-8(3)10(11)6-9;2*1-7(2)9-5-4-8(3)6-10(9)11;/h4-7,11H,1-3H3;2*8-11H,1,4-6H2,2-3H3;1H4/t;2*8-,9+,10-;/m.10./s1. The van der Waals surface area contributed by atoms with Gasteiger partial charge in [0.2, 0.25) is 0 Å². The summed E-state index contributed by atoms with van der Waals surface area (Å²) in [4.78, 5) is 0. The van der Waals surface area contributed by atoms with Gasteiger partial charge in [0.15, 0.2) is 0 Å². The van der Waals surface area contributed by atoms with Crippen LogP contribution in [0.15, 0.2) is 42.5 Å². The highest BCUT2D eigenvalue weighted by Gasteiger charge is 2.27. The summed E-state index contributed by atoms with van der Waals surface area (Å²) in [6, 6.07) is 5.84. The van der Waals surface area contributed by atoms with Crippen LogP contribution in [0.5, 0.6) is 5.75 Å². The number of aryl methyl sites for hydroxylation is 1. The highest BCUT2D eigenvalue weighted by molar-refractivity contribution is 5.36. The van der Waals surface area contributed by atoms with Gasteiger partial charge < -0.3 is 15.3 Å². The third kappa shape index (κ3) is 10.8. The zero-order valence-corrected chi connectivity index (χ0v) is 22.3. The molecule has 3 rings (SSSR count). The Bertz CT molecular complexity index is 715. The molecule has 0 amide bonds. The molecule has 0 heterocycles. The predicted octanol–water partition coefficient (Wildman–Crippen LogP) is 8.18. The fourth-order valence-electron chi connectivity index (χ4n) is 4.84. The van der Waals surface area contributed by atoms with Gasteiger partial charge in [0, 0.05) is 11.8 Å². The molecule has 2 aliphatic rings. The molecule has 3 N–H and O–H groups in total. The van der Waals surface area contributed by atoms with Crippen molar-refractivity contribution in [2.45, 2.75) is 113 Å². The topological polar surface area (TPSA) is 60.7 Å². The van der Waals surface area contributed by atoms with Crippen LogP contribution in [0.2, 0.25) is 0 Å². The number of phenols is 1. The molecule has 0 unspecified atom stereocenters. The summed E-state index contributed by atoms with van der Waals surface area (Å²) in [5, 5.41) is 28.6. The van der Waals surface area contributed by atoms with Gasteiger partial charge in [0.1, 0.15) is 5.75 Å². The van der Waals surface area contributed by atoms with E-state index in [0.717, 1.165) is 42.4 Å². The predicted molar refractivity (Wildman–Crippen MR) is 148 cm³/mol. The molecule has 2 aliphatic carbocycles. The van der Waals surface area contributed by atoms with Crippen LogP contribution in [0, 0.1) is 30.6 Å². The molecule has 2 saturated carbocycles. The molecule has 2 fully saturated rings. The molecule has 0 aromatic heterocycles. The van der Waals surface area contributed by atoms with Gasteiger partial charge in [0.05, 0.1) is 12.2 Å². The molecule has 0 spiro atoms. The van der Waals surface area contributed by atoms with Crippen LogP contribution in [0.3, 0.4) is 0 Å². The van der Waals surface area contributed by atoms with Gasteiger partial charge in [0.25, 0.3) is 0 Å². The first-order valence-corrected chi connectivity index (χ1v) is 12.8. The van der Waals surface area contributed by atoms with Gasteiger partial charge >= 0.3 is 0 Å². The lowest BCUT2D eigenvalue weighted by atomic mass is 9.78. The molecule has 0 aliphatic heterocycles. The van der Waals surface area contributed by atoms with E-state index in [9.17, 15) is 15.3 Å². The van der Waals surface area contributed by atoms with Gasteiger partial charge in [-0.25, -0.2) is 0 Å². The van der Waals surface area contributed by atoms with Crippen LogP contribution >= 0.6 is 0 Å². The van der Waals surface area contributed by atoms with E-state index in [-0.39, 0.29) is 19.6 Å². The summed E-state index contributed by atoms with van der Waals surface area (Å²) in [6.07, 6.45) is 6.39. The van der Waals surface area contributed by atoms with E-state index in [0.29, 0.717) is 35.3 Å².